The molecule has 0 aromatic rings. The zero-order valence-corrected chi connectivity index (χ0v) is 12.7. The van der Waals surface area contributed by atoms with Gasteiger partial charge in [-0.2, -0.15) is 0 Å². The van der Waals surface area contributed by atoms with Crippen molar-refractivity contribution in [2.24, 2.45) is 11.8 Å². The molecule has 0 bridgehead atoms. The molecule has 0 radical (unpaired) electrons. The fourth-order valence-electron chi connectivity index (χ4n) is 3.40. The second-order valence-corrected chi connectivity index (χ2v) is 6.25. The molecular formula is C15H29N3O. The molecule has 19 heavy (non-hydrogen) atoms. The minimum atomic E-state index is 0.278. The quantitative estimate of drug-likeness (QED) is 0.832. The van der Waals surface area contributed by atoms with Crippen molar-refractivity contribution < 1.29 is 4.79 Å². The minimum Gasteiger partial charge on any atom is -0.325 e. The highest BCUT2D eigenvalue weighted by molar-refractivity contribution is 5.74. The van der Waals surface area contributed by atoms with Gasteiger partial charge in [-0.1, -0.05) is 20.3 Å². The number of carbonyl (C=O) groups excluding carboxylic acids is 1. The Kier molecular flexibility index (Phi) is 5.08. The summed E-state index contributed by atoms with van der Waals surface area (Å²) in [5.74, 6) is 1.38. The van der Waals surface area contributed by atoms with Crippen molar-refractivity contribution in [3.63, 3.8) is 0 Å². The number of hydrogen-bond donors (Lipinski definition) is 1. The average Bonchev–Trinajstić information content (AvgIpc) is 2.46. The van der Waals surface area contributed by atoms with Crippen LogP contribution in [0.1, 0.15) is 39.5 Å². The van der Waals surface area contributed by atoms with E-state index < -0.39 is 0 Å². The first-order chi connectivity index (χ1) is 9.15. The smallest absolute Gasteiger partial charge is 0.320 e. The third-order valence-corrected chi connectivity index (χ3v) is 4.95. The Morgan fingerprint density at radius 1 is 1.16 bits per heavy atom. The average molecular weight is 267 g/mol. The maximum Gasteiger partial charge on any atom is 0.320 e. The van der Waals surface area contributed by atoms with Gasteiger partial charge in [0.15, 0.2) is 0 Å². The Labute approximate surface area is 117 Å². The Hall–Kier alpha value is -0.770. The van der Waals surface area contributed by atoms with E-state index in [1.54, 1.807) is 0 Å². The van der Waals surface area contributed by atoms with Crippen LogP contribution in [0.4, 0.5) is 4.79 Å². The van der Waals surface area contributed by atoms with Gasteiger partial charge < -0.3 is 15.1 Å². The summed E-state index contributed by atoms with van der Waals surface area (Å²) in [4.78, 5) is 16.7. The Morgan fingerprint density at radius 2 is 1.79 bits per heavy atom. The van der Waals surface area contributed by atoms with Crippen LogP contribution in [0.2, 0.25) is 0 Å². The van der Waals surface area contributed by atoms with Gasteiger partial charge in [0.25, 0.3) is 0 Å². The van der Waals surface area contributed by atoms with Gasteiger partial charge in [0.1, 0.15) is 0 Å². The van der Waals surface area contributed by atoms with Crippen LogP contribution in [-0.4, -0.2) is 55.1 Å². The van der Waals surface area contributed by atoms with Crippen molar-refractivity contribution in [3.05, 3.63) is 0 Å². The SMILES string of the molecule is CCC1CN(C(=O)N2CCC(C)CC2)CCC1NC. The van der Waals surface area contributed by atoms with Crippen molar-refractivity contribution in [2.45, 2.75) is 45.6 Å². The Morgan fingerprint density at radius 3 is 2.37 bits per heavy atom. The van der Waals surface area contributed by atoms with Gasteiger partial charge in [0, 0.05) is 32.2 Å². The summed E-state index contributed by atoms with van der Waals surface area (Å²) in [7, 11) is 2.04. The van der Waals surface area contributed by atoms with Crippen molar-refractivity contribution in [3.8, 4) is 0 Å². The maximum absolute atomic E-state index is 12.5. The molecule has 4 nitrogen and oxygen atoms in total. The molecule has 2 unspecified atom stereocenters. The molecule has 2 fully saturated rings. The zero-order valence-electron chi connectivity index (χ0n) is 12.7. The van der Waals surface area contributed by atoms with E-state index >= 15 is 0 Å². The first-order valence-corrected chi connectivity index (χ1v) is 7.86. The molecule has 2 atom stereocenters. The lowest BCUT2D eigenvalue weighted by Gasteiger charge is -2.41. The highest BCUT2D eigenvalue weighted by atomic mass is 16.2. The third kappa shape index (κ3) is 3.41. The van der Waals surface area contributed by atoms with E-state index in [0.29, 0.717) is 12.0 Å². The van der Waals surface area contributed by atoms with Gasteiger partial charge in [-0.15, -0.1) is 0 Å². The fourth-order valence-corrected chi connectivity index (χ4v) is 3.40. The lowest BCUT2D eigenvalue weighted by molar-refractivity contribution is 0.103. The van der Waals surface area contributed by atoms with Gasteiger partial charge in [0.2, 0.25) is 0 Å². The highest BCUT2D eigenvalue weighted by Gasteiger charge is 2.32. The lowest BCUT2D eigenvalue weighted by atomic mass is 9.90. The standard InChI is InChI=1S/C15H29N3O/c1-4-13-11-18(10-7-14(13)16-3)15(19)17-8-5-12(2)6-9-17/h12-14,16H,4-11H2,1-3H3. The summed E-state index contributed by atoms with van der Waals surface area (Å²) in [6.45, 7) is 8.24. The number of nitrogens with zero attached hydrogens (tertiary/aromatic N) is 2. The second kappa shape index (κ2) is 6.60. The molecule has 2 rings (SSSR count). The third-order valence-electron chi connectivity index (χ3n) is 4.95. The number of hydrogen-bond acceptors (Lipinski definition) is 2. The van der Waals surface area contributed by atoms with Crippen molar-refractivity contribution in [1.29, 1.82) is 0 Å². The molecular weight excluding hydrogens is 238 g/mol. The molecule has 0 spiro atoms. The Bertz CT molecular complexity index is 300. The van der Waals surface area contributed by atoms with Crippen LogP contribution in [-0.2, 0) is 0 Å². The van der Waals surface area contributed by atoms with Crippen molar-refractivity contribution in [1.82, 2.24) is 15.1 Å². The number of urea groups is 1. The lowest BCUT2D eigenvalue weighted by Crippen LogP contribution is -2.54. The molecule has 1 N–H and O–H groups in total. The summed E-state index contributed by atoms with van der Waals surface area (Å²) < 4.78 is 0. The molecule has 2 aliphatic heterocycles. The molecule has 4 heteroatoms. The molecule has 2 amide bonds. The van der Waals surface area contributed by atoms with E-state index in [4.69, 9.17) is 0 Å². The number of nitrogens with one attached hydrogen (secondary N) is 1. The summed E-state index contributed by atoms with van der Waals surface area (Å²) >= 11 is 0. The zero-order chi connectivity index (χ0) is 13.8. The predicted molar refractivity (Wildman–Crippen MR) is 78.2 cm³/mol. The van der Waals surface area contributed by atoms with Crippen LogP contribution >= 0.6 is 0 Å². The predicted octanol–water partition coefficient (Wildman–Crippen LogP) is 2.16. The number of amides is 2. The Balaban J connectivity index is 1.89. The molecule has 0 aliphatic carbocycles. The van der Waals surface area contributed by atoms with Gasteiger partial charge in [0.05, 0.1) is 0 Å². The summed E-state index contributed by atoms with van der Waals surface area (Å²) in [6.07, 6.45) is 4.56. The van der Waals surface area contributed by atoms with Gasteiger partial charge in [-0.05, 0) is 38.1 Å². The largest absolute Gasteiger partial charge is 0.325 e. The number of likely N-dealkylation sites (tertiary alicyclic amines) is 2. The van der Waals surface area contributed by atoms with E-state index in [0.717, 1.165) is 57.8 Å². The topological polar surface area (TPSA) is 35.6 Å². The van der Waals surface area contributed by atoms with Gasteiger partial charge in [-0.25, -0.2) is 4.79 Å². The molecule has 110 valence electrons. The molecule has 2 aliphatic rings. The van der Waals surface area contributed by atoms with Crippen LogP contribution < -0.4 is 5.32 Å². The van der Waals surface area contributed by atoms with E-state index in [-0.39, 0.29) is 6.03 Å². The maximum atomic E-state index is 12.5. The van der Waals surface area contributed by atoms with E-state index in [1.807, 2.05) is 7.05 Å². The van der Waals surface area contributed by atoms with Crippen LogP contribution in [0.3, 0.4) is 0 Å². The molecule has 0 saturated carbocycles. The van der Waals surface area contributed by atoms with Crippen LogP contribution in [0.5, 0.6) is 0 Å². The second-order valence-electron chi connectivity index (χ2n) is 6.25. The molecule has 0 aromatic heterocycles. The van der Waals surface area contributed by atoms with E-state index in [9.17, 15) is 4.79 Å². The first-order valence-electron chi connectivity index (χ1n) is 7.86. The molecule has 0 aromatic carbocycles. The summed E-state index contributed by atoms with van der Waals surface area (Å²) in [5.41, 5.74) is 0. The normalized spacial score (nSPS) is 29.6. The van der Waals surface area contributed by atoms with E-state index in [2.05, 4.69) is 29.0 Å². The number of carbonyl (C=O) groups is 1. The molecule has 2 saturated heterocycles. The fraction of sp³-hybridized carbons (Fsp3) is 0.933. The monoisotopic (exact) mass is 267 g/mol. The van der Waals surface area contributed by atoms with Crippen molar-refractivity contribution in [2.75, 3.05) is 33.2 Å². The first kappa shape index (κ1) is 14.6. The summed E-state index contributed by atoms with van der Waals surface area (Å²) in [5, 5.41) is 3.40. The highest BCUT2D eigenvalue weighted by Crippen LogP contribution is 2.23. The van der Waals surface area contributed by atoms with Gasteiger partial charge in [-0.3, -0.25) is 0 Å². The van der Waals surface area contributed by atoms with Crippen LogP contribution in [0.15, 0.2) is 0 Å². The summed E-state index contributed by atoms with van der Waals surface area (Å²) in [6, 6.07) is 0.857. The van der Waals surface area contributed by atoms with Crippen molar-refractivity contribution >= 4 is 6.03 Å². The number of piperidine rings is 2. The number of rotatable bonds is 2. The minimum absolute atomic E-state index is 0.278. The van der Waals surface area contributed by atoms with Gasteiger partial charge >= 0.3 is 6.03 Å². The molecule has 2 heterocycles. The van der Waals surface area contributed by atoms with E-state index in [1.165, 1.54) is 0 Å². The van der Waals surface area contributed by atoms with Crippen LogP contribution in [0, 0.1) is 11.8 Å². The van der Waals surface area contributed by atoms with Crippen LogP contribution in [0.25, 0.3) is 0 Å².